The maximum atomic E-state index is 12.7. The lowest BCUT2D eigenvalue weighted by Gasteiger charge is -2.12. The van der Waals surface area contributed by atoms with Gasteiger partial charge >= 0.3 is 0 Å². The first-order valence-corrected chi connectivity index (χ1v) is 12.2. The van der Waals surface area contributed by atoms with Gasteiger partial charge in [0, 0.05) is 16.3 Å². The van der Waals surface area contributed by atoms with Crippen LogP contribution in [0, 0.1) is 6.92 Å². The van der Waals surface area contributed by atoms with Crippen molar-refractivity contribution in [3.8, 4) is 27.6 Å². The molecular formula is C26H18ClN3O3S2. The van der Waals surface area contributed by atoms with E-state index in [9.17, 15) is 9.90 Å². The topological polar surface area (TPSA) is 87.4 Å². The third-order valence-electron chi connectivity index (χ3n) is 5.25. The Labute approximate surface area is 215 Å². The van der Waals surface area contributed by atoms with E-state index in [1.54, 1.807) is 49.4 Å². The third-order valence-corrected chi connectivity index (χ3v) is 6.76. The molecule has 0 saturated heterocycles. The zero-order valence-corrected chi connectivity index (χ0v) is 20.7. The summed E-state index contributed by atoms with van der Waals surface area (Å²) in [5, 5.41) is 17.6. The van der Waals surface area contributed by atoms with E-state index in [2.05, 4.69) is 15.6 Å². The van der Waals surface area contributed by atoms with Gasteiger partial charge in [-0.25, -0.2) is 4.98 Å². The average Bonchev–Trinajstić information content (AvgIpc) is 3.49. The summed E-state index contributed by atoms with van der Waals surface area (Å²) >= 11 is 12.9. The number of aromatic hydroxyl groups is 1. The fourth-order valence-corrected chi connectivity index (χ4v) is 4.97. The summed E-state index contributed by atoms with van der Waals surface area (Å²) in [6.07, 6.45) is 0. The van der Waals surface area contributed by atoms with Crippen molar-refractivity contribution >= 4 is 62.1 Å². The molecule has 0 radical (unpaired) electrons. The molecule has 0 aliphatic heterocycles. The minimum atomic E-state index is -0.488. The van der Waals surface area contributed by atoms with Gasteiger partial charge in [0.05, 0.1) is 15.8 Å². The van der Waals surface area contributed by atoms with Crippen molar-refractivity contribution in [2.24, 2.45) is 0 Å². The number of benzene rings is 3. The molecule has 2 aromatic heterocycles. The quantitative estimate of drug-likeness (QED) is 0.175. The lowest BCUT2D eigenvalue weighted by molar-refractivity contribution is 0.0951. The minimum absolute atomic E-state index is 0.0936. The van der Waals surface area contributed by atoms with Crippen molar-refractivity contribution in [1.82, 2.24) is 10.3 Å². The molecule has 0 aliphatic rings. The van der Waals surface area contributed by atoms with Crippen molar-refractivity contribution in [2.75, 3.05) is 5.32 Å². The second kappa shape index (κ2) is 9.50. The van der Waals surface area contributed by atoms with Crippen molar-refractivity contribution in [3.63, 3.8) is 0 Å². The number of halogens is 1. The Balaban J connectivity index is 1.32. The number of amides is 1. The molecule has 174 valence electrons. The second-order valence-electron chi connectivity index (χ2n) is 7.76. The predicted molar refractivity (Wildman–Crippen MR) is 144 cm³/mol. The van der Waals surface area contributed by atoms with Crippen LogP contribution >= 0.6 is 35.2 Å². The Morgan fingerprint density at radius 3 is 2.71 bits per heavy atom. The number of hydrogen-bond acceptors (Lipinski definition) is 6. The zero-order valence-electron chi connectivity index (χ0n) is 18.3. The van der Waals surface area contributed by atoms with E-state index >= 15 is 0 Å². The number of anilines is 1. The number of nitrogens with zero attached hydrogens (tertiary/aromatic N) is 1. The molecule has 0 saturated carbocycles. The van der Waals surface area contributed by atoms with Crippen molar-refractivity contribution < 1.29 is 14.3 Å². The van der Waals surface area contributed by atoms with Crippen molar-refractivity contribution in [2.45, 2.75) is 6.92 Å². The molecule has 1 amide bonds. The molecule has 0 atom stereocenters. The molecule has 5 rings (SSSR count). The maximum Gasteiger partial charge on any atom is 0.293 e. The van der Waals surface area contributed by atoms with E-state index < -0.39 is 5.91 Å². The van der Waals surface area contributed by atoms with Gasteiger partial charge in [-0.3, -0.25) is 10.1 Å². The van der Waals surface area contributed by atoms with Crippen LogP contribution in [0.2, 0.25) is 5.02 Å². The van der Waals surface area contributed by atoms with Gasteiger partial charge in [-0.15, -0.1) is 11.3 Å². The van der Waals surface area contributed by atoms with Crippen LogP contribution in [0.15, 0.2) is 77.2 Å². The highest BCUT2D eigenvalue weighted by Gasteiger charge is 2.17. The lowest BCUT2D eigenvalue weighted by atomic mass is 10.1. The Morgan fingerprint density at radius 2 is 1.91 bits per heavy atom. The Kier molecular flexibility index (Phi) is 6.25. The number of aromatic nitrogens is 1. The number of furan rings is 1. The zero-order chi connectivity index (χ0) is 24.5. The summed E-state index contributed by atoms with van der Waals surface area (Å²) in [6, 6.07) is 21.7. The number of phenolic OH excluding ortho intramolecular Hbond substituents is 1. The number of hydrogen-bond donors (Lipinski definition) is 3. The van der Waals surface area contributed by atoms with Crippen LogP contribution in [0.1, 0.15) is 16.1 Å². The van der Waals surface area contributed by atoms with Gasteiger partial charge in [0.25, 0.3) is 5.91 Å². The SMILES string of the molecule is Cc1cc(NC(=S)NC(=O)c2ccc(-c3cccc(Cl)c3)o2)cc(-c2nc3ccccc3s2)c1O. The lowest BCUT2D eigenvalue weighted by Crippen LogP contribution is -2.33. The first kappa shape index (κ1) is 23.0. The van der Waals surface area contributed by atoms with Gasteiger partial charge in [-0.2, -0.15) is 0 Å². The summed E-state index contributed by atoms with van der Waals surface area (Å²) < 4.78 is 6.70. The predicted octanol–water partition coefficient (Wildman–Crippen LogP) is 7.02. The number of rotatable bonds is 4. The van der Waals surface area contributed by atoms with E-state index in [0.29, 0.717) is 32.6 Å². The van der Waals surface area contributed by atoms with Crippen LogP contribution < -0.4 is 10.6 Å². The standard InChI is InChI=1S/C26H18ClN3O3S2/c1-14-11-17(13-18(23(14)31)25-29-19-7-2-3-8-22(19)35-25)28-26(34)30-24(32)21-10-9-20(33-21)15-5-4-6-16(27)12-15/h2-13,31H,1H3,(H2,28,30,32,34). The summed E-state index contributed by atoms with van der Waals surface area (Å²) in [5.74, 6) is 0.290. The van der Waals surface area contributed by atoms with Crippen molar-refractivity contribution in [1.29, 1.82) is 0 Å². The molecule has 3 N–H and O–H groups in total. The molecule has 5 aromatic rings. The Morgan fingerprint density at radius 1 is 1.09 bits per heavy atom. The molecule has 3 aromatic carbocycles. The van der Waals surface area contributed by atoms with E-state index in [0.717, 1.165) is 15.8 Å². The first-order valence-electron chi connectivity index (χ1n) is 10.5. The van der Waals surface area contributed by atoms with Crippen LogP contribution in [0.4, 0.5) is 5.69 Å². The highest BCUT2D eigenvalue weighted by atomic mass is 35.5. The molecule has 2 heterocycles. The second-order valence-corrected chi connectivity index (χ2v) is 9.63. The van der Waals surface area contributed by atoms with E-state index in [1.165, 1.54) is 11.3 Å². The third kappa shape index (κ3) is 4.90. The molecule has 0 fully saturated rings. The number of thiocarbonyl (C=S) groups is 1. The molecule has 0 spiro atoms. The molecule has 6 nitrogen and oxygen atoms in total. The maximum absolute atomic E-state index is 12.7. The number of carbonyl (C=O) groups excluding carboxylic acids is 1. The van der Waals surface area contributed by atoms with E-state index in [1.807, 2.05) is 30.3 Å². The van der Waals surface area contributed by atoms with Crippen LogP contribution in [-0.2, 0) is 0 Å². The molecular weight excluding hydrogens is 502 g/mol. The average molecular weight is 520 g/mol. The number of nitrogens with one attached hydrogen (secondary N) is 2. The Bertz CT molecular complexity index is 1560. The molecule has 0 unspecified atom stereocenters. The summed E-state index contributed by atoms with van der Waals surface area (Å²) in [6.45, 7) is 1.79. The van der Waals surface area contributed by atoms with Crippen LogP contribution in [0.5, 0.6) is 5.75 Å². The van der Waals surface area contributed by atoms with Gasteiger partial charge in [0.15, 0.2) is 10.9 Å². The Hall–Kier alpha value is -3.72. The van der Waals surface area contributed by atoms with Crippen LogP contribution in [-0.4, -0.2) is 21.1 Å². The fourth-order valence-electron chi connectivity index (χ4n) is 3.59. The van der Waals surface area contributed by atoms with Gasteiger partial charge < -0.3 is 14.8 Å². The van der Waals surface area contributed by atoms with Gasteiger partial charge in [-0.1, -0.05) is 35.9 Å². The summed E-state index contributed by atoms with van der Waals surface area (Å²) in [5.41, 5.74) is 3.47. The van der Waals surface area contributed by atoms with Gasteiger partial charge in [0.2, 0.25) is 0 Å². The van der Waals surface area contributed by atoms with E-state index in [-0.39, 0.29) is 16.6 Å². The number of phenols is 1. The largest absolute Gasteiger partial charge is 0.507 e. The minimum Gasteiger partial charge on any atom is -0.507 e. The smallest absolute Gasteiger partial charge is 0.293 e. The number of thiazole rings is 1. The normalized spacial score (nSPS) is 10.9. The van der Waals surface area contributed by atoms with E-state index in [4.69, 9.17) is 28.2 Å². The number of para-hydroxylation sites is 1. The van der Waals surface area contributed by atoms with Crippen LogP contribution in [0.25, 0.3) is 32.1 Å². The number of aryl methyl sites for hydroxylation is 1. The summed E-state index contributed by atoms with van der Waals surface area (Å²) in [7, 11) is 0. The first-order chi connectivity index (χ1) is 16.9. The molecule has 35 heavy (non-hydrogen) atoms. The fraction of sp³-hybridized carbons (Fsp3) is 0.0385. The van der Waals surface area contributed by atoms with Gasteiger partial charge in [0.1, 0.15) is 16.5 Å². The van der Waals surface area contributed by atoms with Crippen molar-refractivity contribution in [3.05, 3.63) is 89.1 Å². The van der Waals surface area contributed by atoms with Crippen LogP contribution in [0.3, 0.4) is 0 Å². The highest BCUT2D eigenvalue weighted by Crippen LogP contribution is 2.38. The number of fused-ring (bicyclic) bond motifs is 1. The molecule has 0 bridgehead atoms. The van der Waals surface area contributed by atoms with Gasteiger partial charge in [-0.05, 0) is 73.2 Å². The highest BCUT2D eigenvalue weighted by molar-refractivity contribution is 7.80. The number of carbonyl (C=O) groups is 1. The molecule has 9 heteroatoms. The summed E-state index contributed by atoms with van der Waals surface area (Å²) in [4.78, 5) is 17.3. The monoisotopic (exact) mass is 519 g/mol. The molecule has 0 aliphatic carbocycles.